The van der Waals surface area contributed by atoms with Crippen molar-refractivity contribution < 1.29 is 9.53 Å². The minimum atomic E-state index is -0.460. The fourth-order valence-corrected chi connectivity index (χ4v) is 2.86. The number of nitrogens with two attached hydrogens (primary N) is 1. The molecule has 134 valence electrons. The third-order valence-electron chi connectivity index (χ3n) is 4.23. The number of imidazole rings is 1. The fourth-order valence-electron chi connectivity index (χ4n) is 2.86. The van der Waals surface area contributed by atoms with E-state index in [0.29, 0.717) is 17.0 Å². The van der Waals surface area contributed by atoms with Crippen LogP contribution in [0.3, 0.4) is 0 Å². The second-order valence-corrected chi connectivity index (χ2v) is 5.91. The molecule has 0 atom stereocenters. The van der Waals surface area contributed by atoms with Gasteiger partial charge in [-0.05, 0) is 36.4 Å². The summed E-state index contributed by atoms with van der Waals surface area (Å²) in [5.41, 5.74) is 9.12. The largest absolute Gasteiger partial charge is 0.497 e. The maximum atomic E-state index is 11.2. The molecule has 0 saturated carbocycles. The van der Waals surface area contributed by atoms with Crippen molar-refractivity contribution in [2.45, 2.75) is 0 Å². The lowest BCUT2D eigenvalue weighted by Gasteiger charge is -2.08. The van der Waals surface area contributed by atoms with Crippen molar-refractivity contribution in [2.75, 3.05) is 12.4 Å². The average Bonchev–Trinajstić information content (AvgIpc) is 3.14. The first-order chi connectivity index (χ1) is 13.2. The topological polar surface area (TPSA) is 94.5 Å². The Labute approximate surface area is 155 Å². The van der Waals surface area contributed by atoms with Gasteiger partial charge in [-0.25, -0.2) is 9.97 Å². The molecule has 0 bridgehead atoms. The maximum Gasteiger partial charge on any atom is 0.248 e. The van der Waals surface area contributed by atoms with E-state index in [2.05, 4.69) is 15.3 Å². The molecule has 4 aromatic rings. The monoisotopic (exact) mass is 359 g/mol. The summed E-state index contributed by atoms with van der Waals surface area (Å²) in [7, 11) is 1.64. The Hall–Kier alpha value is -3.87. The van der Waals surface area contributed by atoms with Gasteiger partial charge in [0.25, 0.3) is 0 Å². The average molecular weight is 359 g/mol. The Bertz CT molecular complexity index is 1120. The van der Waals surface area contributed by atoms with Gasteiger partial charge < -0.3 is 15.8 Å². The molecule has 2 aromatic heterocycles. The van der Waals surface area contributed by atoms with Crippen molar-refractivity contribution in [3.05, 3.63) is 72.7 Å². The highest BCUT2D eigenvalue weighted by molar-refractivity contribution is 5.93. The number of amides is 1. The minimum Gasteiger partial charge on any atom is -0.497 e. The van der Waals surface area contributed by atoms with Crippen LogP contribution in [0.25, 0.3) is 16.9 Å². The summed E-state index contributed by atoms with van der Waals surface area (Å²) in [6.07, 6.45) is 5.37. The smallest absolute Gasteiger partial charge is 0.248 e. The summed E-state index contributed by atoms with van der Waals surface area (Å²) in [5.74, 6) is 0.931. The third kappa shape index (κ3) is 3.18. The molecule has 0 aliphatic rings. The summed E-state index contributed by atoms with van der Waals surface area (Å²) in [6.45, 7) is 0. The number of carbonyl (C=O) groups is 1. The summed E-state index contributed by atoms with van der Waals surface area (Å²) in [6, 6.07) is 14.7. The number of fused-ring (bicyclic) bond motifs is 1. The fraction of sp³-hybridized carbons (Fsp3) is 0.0500. The number of methoxy groups -OCH3 is 1. The van der Waals surface area contributed by atoms with E-state index >= 15 is 0 Å². The molecule has 3 N–H and O–H groups in total. The highest BCUT2D eigenvalue weighted by Gasteiger charge is 2.11. The second-order valence-electron chi connectivity index (χ2n) is 5.91. The number of benzene rings is 2. The van der Waals surface area contributed by atoms with Gasteiger partial charge in [0, 0.05) is 29.2 Å². The van der Waals surface area contributed by atoms with Crippen molar-refractivity contribution in [1.29, 1.82) is 0 Å². The van der Waals surface area contributed by atoms with Crippen LogP contribution in [0.4, 0.5) is 11.5 Å². The van der Waals surface area contributed by atoms with Gasteiger partial charge in [0.2, 0.25) is 5.91 Å². The number of carbonyl (C=O) groups excluding carboxylic acids is 1. The number of nitrogens with one attached hydrogen (secondary N) is 1. The predicted octanol–water partition coefficient (Wildman–Crippen LogP) is 3.25. The van der Waals surface area contributed by atoms with Gasteiger partial charge in [-0.15, -0.1) is 0 Å². The van der Waals surface area contributed by atoms with Crippen molar-refractivity contribution in [3.63, 3.8) is 0 Å². The molecule has 4 rings (SSSR count). The van der Waals surface area contributed by atoms with Crippen molar-refractivity contribution in [3.8, 4) is 17.0 Å². The number of anilines is 2. The zero-order valence-electron chi connectivity index (χ0n) is 14.6. The van der Waals surface area contributed by atoms with Crippen LogP contribution in [0.5, 0.6) is 5.75 Å². The van der Waals surface area contributed by atoms with Crippen LogP contribution < -0.4 is 15.8 Å². The van der Waals surface area contributed by atoms with Crippen LogP contribution in [-0.4, -0.2) is 27.4 Å². The molecule has 27 heavy (non-hydrogen) atoms. The van der Waals surface area contributed by atoms with E-state index in [9.17, 15) is 4.79 Å². The molecule has 0 spiro atoms. The van der Waals surface area contributed by atoms with Gasteiger partial charge in [0.1, 0.15) is 5.75 Å². The molecule has 2 heterocycles. The van der Waals surface area contributed by atoms with E-state index in [-0.39, 0.29) is 0 Å². The van der Waals surface area contributed by atoms with Crippen molar-refractivity contribution in [2.24, 2.45) is 5.73 Å². The first kappa shape index (κ1) is 16.6. The number of primary amides is 1. The van der Waals surface area contributed by atoms with E-state index < -0.39 is 5.91 Å². The molecule has 0 fully saturated rings. The molecular formula is C20H17N5O2. The lowest BCUT2D eigenvalue weighted by Crippen LogP contribution is -2.10. The molecule has 0 saturated heterocycles. The van der Waals surface area contributed by atoms with Gasteiger partial charge in [0.15, 0.2) is 11.5 Å². The normalized spacial score (nSPS) is 10.7. The number of aromatic nitrogens is 3. The van der Waals surface area contributed by atoms with E-state index in [1.807, 2.05) is 34.9 Å². The number of hydrogen-bond donors (Lipinski definition) is 2. The van der Waals surface area contributed by atoms with Gasteiger partial charge in [0.05, 0.1) is 19.0 Å². The molecule has 1 amide bonds. The SMILES string of the molecule is COc1cccc(-c2cnc3c(Nc4ccc(C(N)=O)cc4)nccn23)c1. The number of rotatable bonds is 5. The van der Waals surface area contributed by atoms with Gasteiger partial charge >= 0.3 is 0 Å². The standard InChI is InChI=1S/C20H17N5O2/c1-27-16-4-2-3-14(11-16)17-12-23-20-19(22-9-10-25(17)20)24-15-7-5-13(6-8-15)18(21)26/h2-12H,1H3,(H2,21,26)(H,22,24). The van der Waals surface area contributed by atoms with E-state index in [4.69, 9.17) is 10.5 Å². The van der Waals surface area contributed by atoms with Crippen molar-refractivity contribution >= 4 is 23.1 Å². The molecule has 2 aromatic carbocycles. The quantitative estimate of drug-likeness (QED) is 0.570. The molecule has 7 nitrogen and oxygen atoms in total. The number of nitrogens with zero attached hydrogens (tertiary/aromatic N) is 3. The molecule has 0 radical (unpaired) electrons. The molecular weight excluding hydrogens is 342 g/mol. The second kappa shape index (κ2) is 6.80. The van der Waals surface area contributed by atoms with Crippen LogP contribution in [0.2, 0.25) is 0 Å². The van der Waals surface area contributed by atoms with E-state index in [1.165, 1.54) is 0 Å². The first-order valence-electron chi connectivity index (χ1n) is 8.29. The van der Waals surface area contributed by atoms with Crippen LogP contribution in [-0.2, 0) is 0 Å². The Morgan fingerprint density at radius 1 is 1.15 bits per heavy atom. The summed E-state index contributed by atoms with van der Waals surface area (Å²) >= 11 is 0. The first-order valence-corrected chi connectivity index (χ1v) is 8.29. The predicted molar refractivity (Wildman–Crippen MR) is 103 cm³/mol. The number of hydrogen-bond acceptors (Lipinski definition) is 5. The van der Waals surface area contributed by atoms with Crippen LogP contribution in [0.1, 0.15) is 10.4 Å². The van der Waals surface area contributed by atoms with E-state index in [1.54, 1.807) is 43.8 Å². The Morgan fingerprint density at radius 3 is 2.70 bits per heavy atom. The summed E-state index contributed by atoms with van der Waals surface area (Å²) in [5, 5.41) is 3.23. The lowest BCUT2D eigenvalue weighted by molar-refractivity contribution is 0.100. The molecule has 0 unspecified atom stereocenters. The lowest BCUT2D eigenvalue weighted by atomic mass is 10.1. The zero-order valence-corrected chi connectivity index (χ0v) is 14.6. The van der Waals surface area contributed by atoms with E-state index in [0.717, 1.165) is 22.7 Å². The third-order valence-corrected chi connectivity index (χ3v) is 4.23. The Balaban J connectivity index is 1.71. The van der Waals surface area contributed by atoms with Gasteiger partial charge in [-0.1, -0.05) is 12.1 Å². The van der Waals surface area contributed by atoms with Crippen molar-refractivity contribution in [1.82, 2.24) is 14.4 Å². The Morgan fingerprint density at radius 2 is 1.96 bits per heavy atom. The van der Waals surface area contributed by atoms with Crippen LogP contribution in [0, 0.1) is 0 Å². The molecule has 0 aliphatic heterocycles. The van der Waals surface area contributed by atoms with Gasteiger partial charge in [-0.2, -0.15) is 0 Å². The number of ether oxygens (including phenoxy) is 1. The molecule has 0 aliphatic carbocycles. The Kier molecular flexibility index (Phi) is 4.18. The molecule has 7 heteroatoms. The maximum absolute atomic E-state index is 11.2. The van der Waals surface area contributed by atoms with Crippen LogP contribution >= 0.6 is 0 Å². The summed E-state index contributed by atoms with van der Waals surface area (Å²) in [4.78, 5) is 20.1. The summed E-state index contributed by atoms with van der Waals surface area (Å²) < 4.78 is 7.27. The highest BCUT2D eigenvalue weighted by atomic mass is 16.5. The zero-order chi connectivity index (χ0) is 18.8. The highest BCUT2D eigenvalue weighted by Crippen LogP contribution is 2.27. The van der Waals surface area contributed by atoms with Crippen LogP contribution in [0.15, 0.2) is 67.1 Å². The minimum absolute atomic E-state index is 0.452. The van der Waals surface area contributed by atoms with Gasteiger partial charge in [-0.3, -0.25) is 9.20 Å².